The summed E-state index contributed by atoms with van der Waals surface area (Å²) in [4.78, 5) is 11.5. The van der Waals surface area contributed by atoms with Crippen LogP contribution in [-0.4, -0.2) is 18.2 Å². The van der Waals surface area contributed by atoms with Crippen LogP contribution in [0.15, 0.2) is 36.4 Å². The number of benzene rings is 2. The SMILES string of the molecule is CNC(=O)N[C@@H]1c2cccc3cccc(c23)[C@H]1O. The van der Waals surface area contributed by atoms with Crippen LogP contribution >= 0.6 is 0 Å². The van der Waals surface area contributed by atoms with Gasteiger partial charge in [0.1, 0.15) is 6.10 Å². The average molecular weight is 242 g/mol. The molecular formula is C14H14N2O2. The number of carbonyl (C=O) groups excluding carboxylic acids is 1. The monoisotopic (exact) mass is 242 g/mol. The summed E-state index contributed by atoms with van der Waals surface area (Å²) in [6, 6.07) is 11.1. The predicted octanol–water partition coefficient (Wildman–Crippen LogP) is 1.86. The molecule has 0 unspecified atom stereocenters. The highest BCUT2D eigenvalue weighted by molar-refractivity contribution is 5.92. The van der Waals surface area contributed by atoms with Crippen molar-refractivity contribution in [1.29, 1.82) is 0 Å². The summed E-state index contributed by atoms with van der Waals surface area (Å²) in [7, 11) is 1.56. The van der Waals surface area contributed by atoms with Gasteiger partial charge in [-0.2, -0.15) is 0 Å². The van der Waals surface area contributed by atoms with Gasteiger partial charge in [-0.1, -0.05) is 36.4 Å². The second kappa shape index (κ2) is 3.99. The zero-order valence-corrected chi connectivity index (χ0v) is 9.97. The van der Waals surface area contributed by atoms with Gasteiger partial charge in [0, 0.05) is 7.05 Å². The van der Waals surface area contributed by atoms with E-state index in [-0.39, 0.29) is 12.1 Å². The zero-order chi connectivity index (χ0) is 12.7. The second-order valence-corrected chi connectivity index (χ2v) is 4.44. The van der Waals surface area contributed by atoms with E-state index < -0.39 is 6.10 Å². The summed E-state index contributed by atoms with van der Waals surface area (Å²) in [6.07, 6.45) is -0.691. The van der Waals surface area contributed by atoms with Crippen molar-refractivity contribution < 1.29 is 9.90 Å². The molecule has 3 rings (SSSR count). The van der Waals surface area contributed by atoms with Crippen molar-refractivity contribution in [3.8, 4) is 0 Å². The van der Waals surface area contributed by atoms with E-state index in [2.05, 4.69) is 10.6 Å². The number of hydrogen-bond acceptors (Lipinski definition) is 2. The molecule has 2 atom stereocenters. The Hall–Kier alpha value is -2.07. The molecule has 3 N–H and O–H groups in total. The van der Waals surface area contributed by atoms with Gasteiger partial charge in [-0.15, -0.1) is 0 Å². The van der Waals surface area contributed by atoms with E-state index in [9.17, 15) is 9.90 Å². The van der Waals surface area contributed by atoms with Crippen molar-refractivity contribution in [3.05, 3.63) is 47.5 Å². The third kappa shape index (κ3) is 1.46. The number of hydrogen-bond donors (Lipinski definition) is 3. The molecule has 92 valence electrons. The summed E-state index contributed by atoms with van der Waals surface area (Å²) in [6.45, 7) is 0. The van der Waals surface area contributed by atoms with E-state index >= 15 is 0 Å². The van der Waals surface area contributed by atoms with Gasteiger partial charge < -0.3 is 15.7 Å². The average Bonchev–Trinajstić information content (AvgIpc) is 2.67. The Morgan fingerprint density at radius 3 is 2.50 bits per heavy atom. The molecule has 0 spiro atoms. The summed E-state index contributed by atoms with van der Waals surface area (Å²) in [5.74, 6) is 0. The Morgan fingerprint density at radius 2 is 1.83 bits per heavy atom. The van der Waals surface area contributed by atoms with Gasteiger partial charge in [-0.25, -0.2) is 4.79 Å². The van der Waals surface area contributed by atoms with Gasteiger partial charge in [-0.05, 0) is 21.9 Å². The first kappa shape index (κ1) is 11.0. The summed E-state index contributed by atoms with van der Waals surface area (Å²) < 4.78 is 0. The largest absolute Gasteiger partial charge is 0.386 e. The van der Waals surface area contributed by atoms with Crippen molar-refractivity contribution in [3.63, 3.8) is 0 Å². The minimum absolute atomic E-state index is 0.288. The Kier molecular flexibility index (Phi) is 2.45. The minimum Gasteiger partial charge on any atom is -0.386 e. The summed E-state index contributed by atoms with van der Waals surface area (Å²) in [5, 5.41) is 17.8. The van der Waals surface area contributed by atoms with E-state index in [0.29, 0.717) is 0 Å². The van der Waals surface area contributed by atoms with Crippen LogP contribution in [0.1, 0.15) is 23.3 Å². The maximum absolute atomic E-state index is 11.5. The molecule has 2 amide bonds. The van der Waals surface area contributed by atoms with E-state index in [4.69, 9.17) is 0 Å². The first-order valence-electron chi connectivity index (χ1n) is 5.90. The molecular weight excluding hydrogens is 228 g/mol. The van der Waals surface area contributed by atoms with Crippen molar-refractivity contribution in [2.45, 2.75) is 12.1 Å². The first-order valence-corrected chi connectivity index (χ1v) is 5.90. The Balaban J connectivity index is 2.13. The summed E-state index contributed by atoms with van der Waals surface area (Å²) >= 11 is 0. The first-order chi connectivity index (χ1) is 8.72. The molecule has 2 aromatic rings. The third-order valence-electron chi connectivity index (χ3n) is 3.45. The van der Waals surface area contributed by atoms with Gasteiger partial charge in [0.2, 0.25) is 0 Å². The molecule has 0 saturated carbocycles. The van der Waals surface area contributed by atoms with Gasteiger partial charge in [-0.3, -0.25) is 0 Å². The zero-order valence-electron chi connectivity index (χ0n) is 9.97. The number of aliphatic hydroxyl groups is 1. The standard InChI is InChI=1S/C14H14N2O2/c1-15-14(18)16-12-9-6-2-4-8-5-3-7-10(11(8)9)13(12)17/h2-7,12-13,17H,1H3,(H2,15,16,18)/t12-,13-/m1/s1. The van der Waals surface area contributed by atoms with Gasteiger partial charge in [0.05, 0.1) is 6.04 Å². The quantitative estimate of drug-likeness (QED) is 0.714. The number of amides is 2. The molecule has 4 nitrogen and oxygen atoms in total. The molecule has 0 heterocycles. The molecule has 2 aromatic carbocycles. The lowest BCUT2D eigenvalue weighted by Gasteiger charge is -2.18. The van der Waals surface area contributed by atoms with E-state index in [0.717, 1.165) is 21.9 Å². The highest BCUT2D eigenvalue weighted by Crippen LogP contribution is 2.43. The highest BCUT2D eigenvalue weighted by atomic mass is 16.3. The molecule has 4 heteroatoms. The normalized spacial score (nSPS) is 21.0. The Labute approximate surface area is 105 Å². The smallest absolute Gasteiger partial charge is 0.315 e. The van der Waals surface area contributed by atoms with Crippen LogP contribution in [0.5, 0.6) is 0 Å². The van der Waals surface area contributed by atoms with Crippen molar-refractivity contribution in [1.82, 2.24) is 10.6 Å². The Morgan fingerprint density at radius 1 is 1.17 bits per heavy atom. The maximum Gasteiger partial charge on any atom is 0.315 e. The lowest BCUT2D eigenvalue weighted by Crippen LogP contribution is -2.37. The van der Waals surface area contributed by atoms with Crippen LogP contribution in [0.4, 0.5) is 4.79 Å². The highest BCUT2D eigenvalue weighted by Gasteiger charge is 2.33. The molecule has 0 aliphatic heterocycles. The van der Waals surface area contributed by atoms with Gasteiger partial charge >= 0.3 is 6.03 Å². The van der Waals surface area contributed by atoms with Crippen LogP contribution in [0.2, 0.25) is 0 Å². The fourth-order valence-electron chi connectivity index (χ4n) is 2.63. The van der Waals surface area contributed by atoms with E-state index in [1.807, 2.05) is 36.4 Å². The molecule has 0 bridgehead atoms. The lowest BCUT2D eigenvalue weighted by molar-refractivity contribution is 0.138. The molecule has 1 aliphatic carbocycles. The molecule has 18 heavy (non-hydrogen) atoms. The maximum atomic E-state index is 11.5. The lowest BCUT2D eigenvalue weighted by atomic mass is 10.0. The molecule has 0 fully saturated rings. The topological polar surface area (TPSA) is 61.4 Å². The third-order valence-corrected chi connectivity index (χ3v) is 3.45. The van der Waals surface area contributed by atoms with Gasteiger partial charge in [0.25, 0.3) is 0 Å². The van der Waals surface area contributed by atoms with Crippen LogP contribution < -0.4 is 10.6 Å². The number of aliphatic hydroxyl groups excluding tert-OH is 1. The molecule has 1 aliphatic rings. The predicted molar refractivity (Wildman–Crippen MR) is 69.2 cm³/mol. The minimum atomic E-state index is -0.691. The van der Waals surface area contributed by atoms with Crippen LogP contribution in [0.25, 0.3) is 10.8 Å². The van der Waals surface area contributed by atoms with Crippen LogP contribution in [0.3, 0.4) is 0 Å². The Bertz CT molecular complexity index is 619. The molecule has 0 saturated heterocycles. The number of rotatable bonds is 1. The van der Waals surface area contributed by atoms with Crippen molar-refractivity contribution >= 4 is 16.8 Å². The van der Waals surface area contributed by atoms with E-state index in [1.54, 1.807) is 7.05 Å². The fraction of sp³-hybridized carbons (Fsp3) is 0.214. The van der Waals surface area contributed by atoms with Crippen LogP contribution in [-0.2, 0) is 0 Å². The van der Waals surface area contributed by atoms with Crippen molar-refractivity contribution in [2.75, 3.05) is 7.05 Å². The summed E-state index contributed by atoms with van der Waals surface area (Å²) in [5.41, 5.74) is 1.85. The fourth-order valence-corrected chi connectivity index (χ4v) is 2.63. The van der Waals surface area contributed by atoms with Gasteiger partial charge in [0.15, 0.2) is 0 Å². The number of carbonyl (C=O) groups is 1. The number of urea groups is 1. The van der Waals surface area contributed by atoms with Crippen molar-refractivity contribution in [2.24, 2.45) is 0 Å². The molecule has 0 aromatic heterocycles. The molecule has 0 radical (unpaired) electrons. The van der Waals surface area contributed by atoms with Crippen LogP contribution in [0, 0.1) is 0 Å². The second-order valence-electron chi connectivity index (χ2n) is 4.44. The van der Waals surface area contributed by atoms with E-state index in [1.165, 1.54) is 0 Å². The number of nitrogens with one attached hydrogen (secondary N) is 2.